The van der Waals surface area contributed by atoms with Crippen LogP contribution in [0.25, 0.3) is 0 Å². The number of rotatable bonds is 5. The van der Waals surface area contributed by atoms with Crippen LogP contribution in [0.15, 0.2) is 29.0 Å². The van der Waals surface area contributed by atoms with Gasteiger partial charge in [-0.2, -0.15) is 11.3 Å². The van der Waals surface area contributed by atoms with Gasteiger partial charge in [0.15, 0.2) is 0 Å². The van der Waals surface area contributed by atoms with Gasteiger partial charge in [-0.15, -0.1) is 0 Å². The van der Waals surface area contributed by atoms with Crippen molar-refractivity contribution in [1.82, 2.24) is 4.98 Å². The highest BCUT2D eigenvalue weighted by Crippen LogP contribution is 2.19. The Morgan fingerprint density at radius 2 is 2.26 bits per heavy atom. The van der Waals surface area contributed by atoms with E-state index in [2.05, 4.69) is 22.5 Å². The molecule has 0 spiro atoms. The molecule has 0 fully saturated rings. The topological polar surface area (TPSA) is 54.0 Å². The molecular formula is C13H14ClN3OS. The van der Waals surface area contributed by atoms with E-state index in [0.29, 0.717) is 10.8 Å². The molecule has 2 aromatic rings. The van der Waals surface area contributed by atoms with Crippen LogP contribution in [-0.2, 0) is 0 Å². The van der Waals surface area contributed by atoms with E-state index >= 15 is 0 Å². The number of nitrogens with one attached hydrogen (secondary N) is 2. The summed E-state index contributed by atoms with van der Waals surface area (Å²) in [5, 5.41) is 9.97. The summed E-state index contributed by atoms with van der Waals surface area (Å²) in [4.78, 5) is 16.3. The second-order valence-corrected chi connectivity index (χ2v) is 5.11. The molecule has 0 radical (unpaired) electrons. The first-order chi connectivity index (χ1) is 9.20. The Labute approximate surface area is 120 Å². The van der Waals surface area contributed by atoms with Crippen molar-refractivity contribution < 1.29 is 4.79 Å². The number of halogens is 1. The van der Waals surface area contributed by atoms with E-state index in [1.165, 1.54) is 11.3 Å². The van der Waals surface area contributed by atoms with Gasteiger partial charge in [0.05, 0.1) is 10.7 Å². The zero-order valence-corrected chi connectivity index (χ0v) is 12.0. The molecule has 19 heavy (non-hydrogen) atoms. The van der Waals surface area contributed by atoms with Crippen LogP contribution < -0.4 is 10.6 Å². The molecule has 100 valence electrons. The number of aromatic nitrogens is 1. The first kappa shape index (κ1) is 13.8. The van der Waals surface area contributed by atoms with Crippen molar-refractivity contribution in [2.75, 3.05) is 17.2 Å². The number of anilines is 2. The second-order valence-electron chi connectivity index (χ2n) is 3.92. The number of amides is 1. The molecule has 0 bridgehead atoms. The molecule has 0 unspecified atom stereocenters. The van der Waals surface area contributed by atoms with E-state index < -0.39 is 0 Å². The largest absolute Gasteiger partial charge is 0.370 e. The highest BCUT2D eigenvalue weighted by atomic mass is 35.5. The fourth-order valence-corrected chi connectivity index (χ4v) is 2.26. The predicted octanol–water partition coefficient (Wildman–Crippen LogP) is 3.87. The smallest absolute Gasteiger partial charge is 0.275 e. The van der Waals surface area contributed by atoms with Crippen LogP contribution in [0.4, 0.5) is 11.5 Å². The fourth-order valence-electron chi connectivity index (χ4n) is 1.48. The summed E-state index contributed by atoms with van der Waals surface area (Å²) in [6.45, 7) is 2.87. The van der Waals surface area contributed by atoms with Crippen molar-refractivity contribution >= 4 is 40.4 Å². The monoisotopic (exact) mass is 295 g/mol. The maximum atomic E-state index is 12.1. The van der Waals surface area contributed by atoms with E-state index in [0.717, 1.165) is 18.7 Å². The first-order valence-electron chi connectivity index (χ1n) is 5.94. The molecule has 0 aliphatic rings. The Kier molecular flexibility index (Phi) is 4.76. The Bertz CT molecular complexity index is 557. The van der Waals surface area contributed by atoms with Crippen LogP contribution in [0.3, 0.4) is 0 Å². The van der Waals surface area contributed by atoms with Crippen LogP contribution >= 0.6 is 22.9 Å². The molecule has 0 saturated carbocycles. The summed E-state index contributed by atoms with van der Waals surface area (Å²) >= 11 is 7.53. The van der Waals surface area contributed by atoms with E-state index in [-0.39, 0.29) is 11.6 Å². The lowest BCUT2D eigenvalue weighted by atomic mass is 10.3. The second kappa shape index (κ2) is 6.54. The van der Waals surface area contributed by atoms with E-state index in [9.17, 15) is 4.79 Å². The maximum absolute atomic E-state index is 12.1. The third-order valence-corrected chi connectivity index (χ3v) is 3.38. The van der Waals surface area contributed by atoms with Gasteiger partial charge in [-0.05, 0) is 30.0 Å². The van der Waals surface area contributed by atoms with Gasteiger partial charge in [0.2, 0.25) is 0 Å². The molecule has 2 rings (SSSR count). The number of thiophene rings is 1. The molecule has 0 aromatic carbocycles. The Hall–Kier alpha value is -1.59. The average molecular weight is 296 g/mol. The van der Waals surface area contributed by atoms with Crippen LogP contribution in [0.5, 0.6) is 0 Å². The number of carbonyl (C=O) groups excluding carboxylic acids is 1. The SMILES string of the molecule is CCCNc1ccc(Cl)c(C(=O)Nc2ccsc2)n1. The van der Waals surface area contributed by atoms with Crippen molar-refractivity contribution in [3.05, 3.63) is 39.7 Å². The Balaban J connectivity index is 2.15. The molecular weight excluding hydrogens is 282 g/mol. The maximum Gasteiger partial charge on any atom is 0.275 e. The third kappa shape index (κ3) is 3.68. The highest BCUT2D eigenvalue weighted by Gasteiger charge is 2.13. The van der Waals surface area contributed by atoms with Gasteiger partial charge in [-0.3, -0.25) is 4.79 Å². The molecule has 2 N–H and O–H groups in total. The normalized spacial score (nSPS) is 10.2. The van der Waals surface area contributed by atoms with Gasteiger partial charge < -0.3 is 10.6 Å². The Morgan fingerprint density at radius 3 is 2.95 bits per heavy atom. The first-order valence-corrected chi connectivity index (χ1v) is 7.26. The molecule has 1 amide bonds. The summed E-state index contributed by atoms with van der Waals surface area (Å²) in [6, 6.07) is 5.27. The zero-order valence-electron chi connectivity index (χ0n) is 10.4. The van der Waals surface area contributed by atoms with Crippen LogP contribution in [0.1, 0.15) is 23.8 Å². The third-order valence-electron chi connectivity index (χ3n) is 2.40. The number of pyridine rings is 1. The van der Waals surface area contributed by atoms with Crippen molar-refractivity contribution in [3.8, 4) is 0 Å². The molecule has 0 saturated heterocycles. The summed E-state index contributed by atoms with van der Waals surface area (Å²) in [7, 11) is 0. The molecule has 2 aromatic heterocycles. The van der Waals surface area contributed by atoms with Gasteiger partial charge in [-0.25, -0.2) is 4.98 Å². The molecule has 2 heterocycles. The van der Waals surface area contributed by atoms with E-state index in [1.54, 1.807) is 12.1 Å². The lowest BCUT2D eigenvalue weighted by Gasteiger charge is -2.08. The highest BCUT2D eigenvalue weighted by molar-refractivity contribution is 7.08. The quantitative estimate of drug-likeness (QED) is 0.880. The van der Waals surface area contributed by atoms with Gasteiger partial charge in [0.25, 0.3) is 5.91 Å². The minimum atomic E-state index is -0.302. The summed E-state index contributed by atoms with van der Waals surface area (Å²) < 4.78 is 0. The molecule has 6 heteroatoms. The summed E-state index contributed by atoms with van der Waals surface area (Å²) in [5.74, 6) is 0.352. The van der Waals surface area contributed by atoms with Gasteiger partial charge >= 0.3 is 0 Å². The number of nitrogens with zero attached hydrogens (tertiary/aromatic N) is 1. The Morgan fingerprint density at radius 1 is 1.42 bits per heavy atom. The van der Waals surface area contributed by atoms with E-state index in [1.807, 2.05) is 16.8 Å². The average Bonchev–Trinajstić information content (AvgIpc) is 2.90. The van der Waals surface area contributed by atoms with Crippen molar-refractivity contribution in [2.24, 2.45) is 0 Å². The number of hydrogen-bond acceptors (Lipinski definition) is 4. The summed E-state index contributed by atoms with van der Waals surface area (Å²) in [6.07, 6.45) is 0.987. The molecule has 4 nitrogen and oxygen atoms in total. The van der Waals surface area contributed by atoms with Crippen molar-refractivity contribution in [2.45, 2.75) is 13.3 Å². The van der Waals surface area contributed by atoms with Gasteiger partial charge in [0.1, 0.15) is 11.5 Å². The van der Waals surface area contributed by atoms with Crippen LogP contribution in [0, 0.1) is 0 Å². The lowest BCUT2D eigenvalue weighted by Crippen LogP contribution is -2.15. The van der Waals surface area contributed by atoms with Gasteiger partial charge in [-0.1, -0.05) is 18.5 Å². The van der Waals surface area contributed by atoms with Gasteiger partial charge in [0, 0.05) is 11.9 Å². The minimum absolute atomic E-state index is 0.231. The lowest BCUT2D eigenvalue weighted by molar-refractivity contribution is 0.102. The number of carbonyl (C=O) groups is 1. The van der Waals surface area contributed by atoms with Crippen LogP contribution in [0.2, 0.25) is 5.02 Å². The van der Waals surface area contributed by atoms with E-state index in [4.69, 9.17) is 11.6 Å². The zero-order chi connectivity index (χ0) is 13.7. The van der Waals surface area contributed by atoms with Crippen molar-refractivity contribution in [3.63, 3.8) is 0 Å². The fraction of sp³-hybridized carbons (Fsp3) is 0.231. The summed E-state index contributed by atoms with van der Waals surface area (Å²) in [5.41, 5.74) is 0.980. The molecule has 0 aliphatic carbocycles. The van der Waals surface area contributed by atoms with Crippen LogP contribution in [-0.4, -0.2) is 17.4 Å². The number of hydrogen-bond donors (Lipinski definition) is 2. The predicted molar refractivity (Wildman–Crippen MR) is 80.3 cm³/mol. The van der Waals surface area contributed by atoms with Crippen molar-refractivity contribution in [1.29, 1.82) is 0 Å². The molecule has 0 aliphatic heterocycles. The minimum Gasteiger partial charge on any atom is -0.370 e. The standard InChI is InChI=1S/C13H14ClN3OS/c1-2-6-15-11-4-3-10(14)12(17-11)13(18)16-9-5-7-19-8-9/h3-5,7-8H,2,6H2,1H3,(H,15,17)(H,16,18). The molecule has 0 atom stereocenters.